The van der Waals surface area contributed by atoms with E-state index in [1.807, 2.05) is 44.4 Å². The van der Waals surface area contributed by atoms with Gasteiger partial charge in [0.2, 0.25) is 15.9 Å². The van der Waals surface area contributed by atoms with Crippen LogP contribution in [0.25, 0.3) is 0 Å². The highest BCUT2D eigenvalue weighted by Gasteiger charge is 2.35. The smallest absolute Gasteiger partial charge is 0.243 e. The second-order valence-corrected chi connectivity index (χ2v) is 13.4. The molecule has 1 aliphatic heterocycles. The summed E-state index contributed by atoms with van der Waals surface area (Å²) in [6, 6.07) is 13.5. The van der Waals surface area contributed by atoms with Crippen LogP contribution in [0.3, 0.4) is 0 Å². The molecule has 2 heterocycles. The van der Waals surface area contributed by atoms with Crippen LogP contribution in [-0.4, -0.2) is 56.9 Å². The monoisotopic (exact) mass is 590 g/mol. The number of methoxy groups -OCH3 is 1. The minimum absolute atomic E-state index is 0.136. The number of benzene rings is 2. The Morgan fingerprint density at radius 1 is 1.15 bits per heavy atom. The van der Waals surface area contributed by atoms with Crippen molar-refractivity contribution in [1.29, 1.82) is 0 Å². The summed E-state index contributed by atoms with van der Waals surface area (Å²) in [7, 11) is -2.37. The summed E-state index contributed by atoms with van der Waals surface area (Å²) in [4.78, 5) is 16.9. The minimum atomic E-state index is -3.90. The van der Waals surface area contributed by atoms with E-state index in [4.69, 9.17) is 21.1 Å². The van der Waals surface area contributed by atoms with Gasteiger partial charge in [-0.1, -0.05) is 25.4 Å². The molecule has 0 unspecified atom stereocenters. The second kappa shape index (κ2) is 12.7. The zero-order valence-corrected chi connectivity index (χ0v) is 25.1. The zero-order valence-electron chi connectivity index (χ0n) is 22.7. The number of sulfonamides is 1. The molecule has 0 N–H and O–H groups in total. The highest BCUT2D eigenvalue weighted by atomic mass is 35.5. The second-order valence-electron chi connectivity index (χ2n) is 10.1. The molecule has 10 heteroatoms. The summed E-state index contributed by atoms with van der Waals surface area (Å²) < 4.78 is 39.9. The van der Waals surface area contributed by atoms with Crippen LogP contribution in [0.2, 0.25) is 5.02 Å². The summed E-state index contributed by atoms with van der Waals surface area (Å²) in [6.45, 7) is 6.76. The van der Waals surface area contributed by atoms with Crippen LogP contribution in [0.1, 0.15) is 42.3 Å². The molecule has 0 radical (unpaired) electrons. The largest absolute Gasteiger partial charge is 0.497 e. The van der Waals surface area contributed by atoms with Crippen molar-refractivity contribution in [2.24, 2.45) is 5.92 Å². The maximum atomic E-state index is 13.8. The molecule has 0 aliphatic carbocycles. The van der Waals surface area contributed by atoms with Gasteiger partial charge in [0.25, 0.3) is 0 Å². The fraction of sp³-hybridized carbons (Fsp3) is 0.414. The Bertz CT molecular complexity index is 1390. The topological polar surface area (TPSA) is 76.2 Å². The Morgan fingerprint density at radius 3 is 2.54 bits per heavy atom. The van der Waals surface area contributed by atoms with Gasteiger partial charge in [-0.15, -0.1) is 11.3 Å². The Kier molecular flexibility index (Phi) is 9.59. The fourth-order valence-corrected chi connectivity index (χ4v) is 7.03. The van der Waals surface area contributed by atoms with E-state index in [2.05, 4.69) is 0 Å². The molecule has 39 heavy (non-hydrogen) atoms. The third-order valence-electron chi connectivity index (χ3n) is 6.92. The molecule has 4 rings (SSSR count). The molecule has 210 valence electrons. The van der Waals surface area contributed by atoms with Gasteiger partial charge in [-0.05, 0) is 90.7 Å². The molecule has 1 aliphatic rings. The molecular formula is C29H35ClN2O5S2. The van der Waals surface area contributed by atoms with Gasteiger partial charge >= 0.3 is 0 Å². The quantitative estimate of drug-likeness (QED) is 0.275. The number of rotatable bonds is 11. The first-order valence-electron chi connectivity index (χ1n) is 13.0. The highest BCUT2D eigenvalue weighted by molar-refractivity contribution is 7.89. The minimum Gasteiger partial charge on any atom is -0.497 e. The van der Waals surface area contributed by atoms with E-state index in [1.54, 1.807) is 34.4 Å². The predicted molar refractivity (Wildman–Crippen MR) is 155 cm³/mol. The van der Waals surface area contributed by atoms with E-state index in [0.29, 0.717) is 29.5 Å². The molecule has 2 aromatic carbocycles. The SMILES string of the molecule is COc1ccc(S(=O)(=O)N(CCC(C)C)CC(=O)N2CCc3sccc3[C@@H]2COc2ccc(Cl)c(C)c2)cc1. The molecule has 1 aromatic heterocycles. The average Bonchev–Trinajstić information content (AvgIpc) is 3.40. The molecular weight excluding hydrogens is 556 g/mol. The van der Waals surface area contributed by atoms with Crippen molar-refractivity contribution in [3.05, 3.63) is 74.9 Å². The number of carbonyl (C=O) groups excluding carboxylic acids is 1. The average molecular weight is 591 g/mol. The Morgan fingerprint density at radius 2 is 1.87 bits per heavy atom. The van der Waals surface area contributed by atoms with Gasteiger partial charge in [-0.25, -0.2) is 8.42 Å². The molecule has 0 fully saturated rings. The zero-order chi connectivity index (χ0) is 28.2. The van der Waals surface area contributed by atoms with Crippen LogP contribution in [0, 0.1) is 12.8 Å². The summed E-state index contributed by atoms with van der Waals surface area (Å²) in [5.74, 6) is 1.28. The number of hydrogen-bond donors (Lipinski definition) is 0. The van der Waals surface area contributed by atoms with Crippen molar-refractivity contribution in [2.45, 2.75) is 44.6 Å². The molecule has 0 bridgehead atoms. The van der Waals surface area contributed by atoms with Crippen molar-refractivity contribution < 1.29 is 22.7 Å². The first-order chi connectivity index (χ1) is 18.6. The van der Waals surface area contributed by atoms with Crippen molar-refractivity contribution >= 4 is 38.9 Å². The maximum absolute atomic E-state index is 13.8. The van der Waals surface area contributed by atoms with E-state index >= 15 is 0 Å². The summed E-state index contributed by atoms with van der Waals surface area (Å²) in [5.41, 5.74) is 1.96. The van der Waals surface area contributed by atoms with Crippen LogP contribution in [-0.2, 0) is 21.2 Å². The van der Waals surface area contributed by atoms with Gasteiger partial charge in [-0.3, -0.25) is 4.79 Å². The summed E-state index contributed by atoms with van der Waals surface area (Å²) in [6.07, 6.45) is 1.37. The van der Waals surface area contributed by atoms with Crippen LogP contribution < -0.4 is 9.47 Å². The molecule has 0 saturated carbocycles. The lowest BCUT2D eigenvalue weighted by Crippen LogP contribution is -2.48. The van der Waals surface area contributed by atoms with Crippen molar-refractivity contribution in [3.63, 3.8) is 0 Å². The molecule has 0 saturated heterocycles. The molecule has 1 atom stereocenters. The van der Waals surface area contributed by atoms with Gasteiger partial charge in [0.05, 0.1) is 24.6 Å². The number of thiophene rings is 1. The van der Waals surface area contributed by atoms with E-state index in [-0.39, 0.29) is 42.5 Å². The van der Waals surface area contributed by atoms with Crippen molar-refractivity contribution in [2.75, 3.05) is 33.4 Å². The Labute approximate surface area is 240 Å². The number of halogens is 1. The molecule has 7 nitrogen and oxygen atoms in total. The van der Waals surface area contributed by atoms with Crippen LogP contribution in [0.15, 0.2) is 58.8 Å². The first kappa shape index (κ1) is 29.4. The standard InChI is InChI=1S/C29H35ClN2O5S2/c1-20(2)11-14-31(39(34,35)24-8-5-22(36-4)6-9-24)18-29(33)32-15-12-28-25(13-16-38-28)27(32)19-37-23-7-10-26(30)21(3)17-23/h5-10,13,16-17,20,27H,11-12,14-15,18-19H2,1-4H3/t27-/m0/s1. The maximum Gasteiger partial charge on any atom is 0.243 e. The van der Waals surface area contributed by atoms with Crippen LogP contribution in [0.5, 0.6) is 11.5 Å². The highest BCUT2D eigenvalue weighted by Crippen LogP contribution is 2.34. The van der Waals surface area contributed by atoms with Crippen LogP contribution in [0.4, 0.5) is 0 Å². The Balaban J connectivity index is 1.57. The Hall–Kier alpha value is -2.59. The third-order valence-corrected chi connectivity index (χ3v) is 10.2. The van der Waals surface area contributed by atoms with Gasteiger partial charge in [0.1, 0.15) is 18.1 Å². The van der Waals surface area contributed by atoms with Gasteiger partial charge in [0, 0.05) is 23.0 Å². The number of hydrogen-bond acceptors (Lipinski definition) is 6. The lowest BCUT2D eigenvalue weighted by molar-refractivity contribution is -0.135. The molecule has 3 aromatic rings. The molecule has 0 spiro atoms. The summed E-state index contributed by atoms with van der Waals surface area (Å²) in [5, 5.41) is 2.69. The number of carbonyl (C=O) groups is 1. The fourth-order valence-electron chi connectivity index (χ4n) is 4.58. The lowest BCUT2D eigenvalue weighted by atomic mass is 10.0. The number of aryl methyl sites for hydroxylation is 1. The predicted octanol–water partition coefficient (Wildman–Crippen LogP) is 5.96. The van der Waals surface area contributed by atoms with E-state index in [1.165, 1.54) is 28.4 Å². The number of nitrogens with zero attached hydrogens (tertiary/aromatic N) is 2. The van der Waals surface area contributed by atoms with Gasteiger partial charge in [0.15, 0.2) is 0 Å². The third kappa shape index (κ3) is 6.95. The van der Waals surface area contributed by atoms with Gasteiger partial charge < -0.3 is 14.4 Å². The van der Waals surface area contributed by atoms with Crippen molar-refractivity contribution in [3.8, 4) is 11.5 Å². The normalized spacial score (nSPS) is 15.5. The first-order valence-corrected chi connectivity index (χ1v) is 15.7. The van der Waals surface area contributed by atoms with Gasteiger partial charge in [-0.2, -0.15) is 4.31 Å². The number of ether oxygens (including phenoxy) is 2. The number of fused-ring (bicyclic) bond motifs is 1. The van der Waals surface area contributed by atoms with E-state index in [9.17, 15) is 13.2 Å². The summed E-state index contributed by atoms with van der Waals surface area (Å²) >= 11 is 7.84. The molecule has 1 amide bonds. The number of amides is 1. The van der Waals surface area contributed by atoms with Crippen LogP contribution >= 0.6 is 22.9 Å². The van der Waals surface area contributed by atoms with E-state index < -0.39 is 10.0 Å². The van der Waals surface area contributed by atoms with E-state index in [0.717, 1.165) is 17.5 Å². The van der Waals surface area contributed by atoms with Crippen molar-refractivity contribution in [1.82, 2.24) is 9.21 Å². The lowest BCUT2D eigenvalue weighted by Gasteiger charge is -2.37.